The van der Waals surface area contributed by atoms with Gasteiger partial charge in [0.05, 0.1) is 5.69 Å². The molecule has 1 aliphatic carbocycles. The van der Waals surface area contributed by atoms with Crippen LogP contribution < -0.4 is 5.32 Å². The van der Waals surface area contributed by atoms with Gasteiger partial charge in [-0.25, -0.2) is 4.39 Å². The third-order valence-electron chi connectivity index (χ3n) is 4.19. The molecule has 1 N–H and O–H groups in total. The molecule has 0 bridgehead atoms. The maximum absolute atomic E-state index is 13.5. The first-order chi connectivity index (χ1) is 8.47. The number of para-hydroxylation sites is 1. The lowest BCUT2D eigenvalue weighted by molar-refractivity contribution is 0.173. The average Bonchev–Trinajstić information content (AvgIpc) is 2.32. The van der Waals surface area contributed by atoms with Crippen LogP contribution in [0.4, 0.5) is 10.1 Å². The maximum atomic E-state index is 13.5. The maximum Gasteiger partial charge on any atom is 0.146 e. The highest BCUT2D eigenvalue weighted by Crippen LogP contribution is 2.38. The highest BCUT2D eigenvalue weighted by atomic mass is 19.1. The Kier molecular flexibility index (Phi) is 3.94. The van der Waals surface area contributed by atoms with Crippen molar-refractivity contribution in [3.63, 3.8) is 0 Å². The predicted molar refractivity (Wildman–Crippen MR) is 75.2 cm³/mol. The molecule has 1 nitrogen and oxygen atoms in total. The van der Waals surface area contributed by atoms with Gasteiger partial charge in [0, 0.05) is 6.04 Å². The molecule has 1 aliphatic rings. The first-order valence-electron chi connectivity index (χ1n) is 6.98. The molecular weight excluding hydrogens is 225 g/mol. The van der Waals surface area contributed by atoms with Gasteiger partial charge in [0.1, 0.15) is 5.82 Å². The number of halogens is 1. The number of benzene rings is 1. The van der Waals surface area contributed by atoms with Crippen LogP contribution in [0.5, 0.6) is 0 Å². The molecule has 0 atom stereocenters. The molecule has 0 aliphatic heterocycles. The van der Waals surface area contributed by atoms with Gasteiger partial charge in [0.2, 0.25) is 0 Å². The number of anilines is 1. The van der Waals surface area contributed by atoms with E-state index >= 15 is 0 Å². The monoisotopic (exact) mass is 249 g/mol. The molecule has 1 aromatic carbocycles. The summed E-state index contributed by atoms with van der Waals surface area (Å²) in [5.74, 6) is 0.659. The van der Waals surface area contributed by atoms with E-state index in [1.165, 1.54) is 18.9 Å². The molecular formula is C16H24FN. The Hall–Kier alpha value is -1.05. The lowest BCUT2D eigenvalue weighted by Gasteiger charge is -2.37. The van der Waals surface area contributed by atoms with Crippen molar-refractivity contribution in [1.29, 1.82) is 0 Å². The van der Waals surface area contributed by atoms with E-state index in [0.717, 1.165) is 18.8 Å². The van der Waals surface area contributed by atoms with Crippen LogP contribution in [-0.4, -0.2) is 6.04 Å². The lowest BCUT2D eigenvalue weighted by Crippen LogP contribution is -2.31. The van der Waals surface area contributed by atoms with Gasteiger partial charge in [-0.3, -0.25) is 0 Å². The van der Waals surface area contributed by atoms with E-state index in [9.17, 15) is 4.39 Å². The fraction of sp³-hybridized carbons (Fsp3) is 0.625. The predicted octanol–water partition coefficient (Wildman–Crippen LogP) is 4.84. The molecule has 0 unspecified atom stereocenters. The zero-order valence-electron chi connectivity index (χ0n) is 11.7. The van der Waals surface area contributed by atoms with Gasteiger partial charge in [-0.05, 0) is 49.1 Å². The van der Waals surface area contributed by atoms with Gasteiger partial charge in [-0.2, -0.15) is 0 Å². The van der Waals surface area contributed by atoms with E-state index < -0.39 is 0 Å². The summed E-state index contributed by atoms with van der Waals surface area (Å²) in [6, 6.07) is 7.39. The lowest BCUT2D eigenvalue weighted by atomic mass is 9.71. The van der Waals surface area contributed by atoms with E-state index in [1.807, 2.05) is 12.1 Å². The molecule has 0 amide bonds. The third-order valence-corrected chi connectivity index (χ3v) is 4.19. The summed E-state index contributed by atoms with van der Waals surface area (Å²) >= 11 is 0. The van der Waals surface area contributed by atoms with Crippen molar-refractivity contribution in [3.8, 4) is 0 Å². The zero-order valence-corrected chi connectivity index (χ0v) is 11.7. The van der Waals surface area contributed by atoms with Gasteiger partial charge in [0.25, 0.3) is 0 Å². The molecule has 0 spiro atoms. The smallest absolute Gasteiger partial charge is 0.146 e. The number of hydrogen-bond donors (Lipinski definition) is 1. The largest absolute Gasteiger partial charge is 0.380 e. The first kappa shape index (κ1) is 13.4. The van der Waals surface area contributed by atoms with Crippen molar-refractivity contribution < 1.29 is 4.39 Å². The van der Waals surface area contributed by atoms with E-state index in [2.05, 4.69) is 26.1 Å². The van der Waals surface area contributed by atoms with Gasteiger partial charge in [-0.1, -0.05) is 32.9 Å². The summed E-state index contributed by atoms with van der Waals surface area (Å²) in [5, 5.41) is 3.35. The average molecular weight is 249 g/mol. The molecule has 2 heteroatoms. The van der Waals surface area contributed by atoms with Crippen molar-refractivity contribution in [2.45, 2.75) is 52.5 Å². The van der Waals surface area contributed by atoms with Crippen molar-refractivity contribution in [1.82, 2.24) is 0 Å². The highest BCUT2D eigenvalue weighted by molar-refractivity contribution is 5.45. The Labute approximate surface area is 110 Å². The number of nitrogens with one attached hydrogen (secondary N) is 1. The van der Waals surface area contributed by atoms with Gasteiger partial charge < -0.3 is 5.32 Å². The molecule has 0 radical (unpaired) electrons. The van der Waals surface area contributed by atoms with Crippen molar-refractivity contribution >= 4 is 5.69 Å². The van der Waals surface area contributed by atoms with E-state index in [0.29, 0.717) is 17.1 Å². The summed E-state index contributed by atoms with van der Waals surface area (Å²) in [5.41, 5.74) is 1.06. The molecule has 18 heavy (non-hydrogen) atoms. The summed E-state index contributed by atoms with van der Waals surface area (Å²) in [6.45, 7) is 6.97. The van der Waals surface area contributed by atoms with Crippen LogP contribution in [-0.2, 0) is 0 Å². The Morgan fingerprint density at radius 1 is 1.06 bits per heavy atom. The molecule has 0 heterocycles. The molecule has 1 aromatic rings. The minimum absolute atomic E-state index is 0.143. The van der Waals surface area contributed by atoms with Crippen LogP contribution in [0, 0.1) is 17.2 Å². The van der Waals surface area contributed by atoms with Gasteiger partial charge in [0.15, 0.2) is 0 Å². The second-order valence-corrected chi connectivity index (χ2v) is 6.54. The molecule has 1 fully saturated rings. The number of hydrogen-bond acceptors (Lipinski definition) is 1. The second-order valence-electron chi connectivity index (χ2n) is 6.54. The first-order valence-corrected chi connectivity index (χ1v) is 6.98. The van der Waals surface area contributed by atoms with E-state index in [1.54, 1.807) is 6.07 Å². The molecule has 1 saturated carbocycles. The molecule has 0 aromatic heterocycles. The highest BCUT2D eigenvalue weighted by Gasteiger charge is 2.29. The Bertz CT molecular complexity index is 386. The van der Waals surface area contributed by atoms with E-state index in [4.69, 9.17) is 0 Å². The van der Waals surface area contributed by atoms with Crippen molar-refractivity contribution in [3.05, 3.63) is 30.1 Å². The fourth-order valence-corrected chi connectivity index (χ4v) is 2.90. The second kappa shape index (κ2) is 5.29. The SMILES string of the molecule is CC(C)(C)C1CCC(Nc2ccccc2F)CC1. The molecule has 2 rings (SSSR count). The van der Waals surface area contributed by atoms with Crippen LogP contribution >= 0.6 is 0 Å². The summed E-state index contributed by atoms with van der Waals surface area (Å²) in [7, 11) is 0. The van der Waals surface area contributed by atoms with Gasteiger partial charge >= 0.3 is 0 Å². The van der Waals surface area contributed by atoms with Crippen LogP contribution in [0.15, 0.2) is 24.3 Å². The van der Waals surface area contributed by atoms with E-state index in [-0.39, 0.29) is 5.82 Å². The molecule has 0 saturated heterocycles. The van der Waals surface area contributed by atoms with Crippen LogP contribution in [0.2, 0.25) is 0 Å². The summed E-state index contributed by atoms with van der Waals surface area (Å²) in [4.78, 5) is 0. The Morgan fingerprint density at radius 3 is 2.22 bits per heavy atom. The van der Waals surface area contributed by atoms with Crippen LogP contribution in [0.1, 0.15) is 46.5 Å². The topological polar surface area (TPSA) is 12.0 Å². The minimum Gasteiger partial charge on any atom is -0.380 e. The van der Waals surface area contributed by atoms with Crippen molar-refractivity contribution in [2.75, 3.05) is 5.32 Å². The quantitative estimate of drug-likeness (QED) is 0.790. The fourth-order valence-electron chi connectivity index (χ4n) is 2.90. The third kappa shape index (κ3) is 3.24. The summed E-state index contributed by atoms with van der Waals surface area (Å²) < 4.78 is 13.5. The zero-order chi connectivity index (χ0) is 13.2. The van der Waals surface area contributed by atoms with Gasteiger partial charge in [-0.15, -0.1) is 0 Å². The Morgan fingerprint density at radius 2 is 1.67 bits per heavy atom. The Balaban J connectivity index is 1.90. The minimum atomic E-state index is -0.143. The van der Waals surface area contributed by atoms with Crippen molar-refractivity contribution in [2.24, 2.45) is 11.3 Å². The normalized spacial score (nSPS) is 24.9. The molecule has 100 valence electrons. The number of rotatable bonds is 2. The standard InChI is InChI=1S/C16H24FN/c1-16(2,3)12-8-10-13(11-9-12)18-15-7-5-4-6-14(15)17/h4-7,12-13,18H,8-11H2,1-3H3. The summed E-state index contributed by atoms with van der Waals surface area (Å²) in [6.07, 6.45) is 4.79. The van der Waals surface area contributed by atoms with Crippen LogP contribution in [0.25, 0.3) is 0 Å². The van der Waals surface area contributed by atoms with Crippen LogP contribution in [0.3, 0.4) is 0 Å².